The molecule has 131 valence electrons. The zero-order chi connectivity index (χ0) is 17.5. The van der Waals surface area contributed by atoms with E-state index in [4.69, 9.17) is 4.74 Å². The molecule has 1 aliphatic heterocycles. The maximum Gasteiger partial charge on any atom is 0.412 e. The van der Waals surface area contributed by atoms with Gasteiger partial charge in [-0.05, 0) is 30.1 Å². The fraction of sp³-hybridized carbons (Fsp3) is 0.400. The van der Waals surface area contributed by atoms with Gasteiger partial charge in [-0.15, -0.1) is 0 Å². The van der Waals surface area contributed by atoms with Crippen LogP contribution in [0.1, 0.15) is 44.1 Å². The highest BCUT2D eigenvalue weighted by molar-refractivity contribution is 5.98. The third-order valence-electron chi connectivity index (χ3n) is 4.59. The van der Waals surface area contributed by atoms with Crippen molar-refractivity contribution in [2.45, 2.75) is 45.1 Å². The summed E-state index contributed by atoms with van der Waals surface area (Å²) < 4.78 is 5.12. The van der Waals surface area contributed by atoms with Crippen molar-refractivity contribution in [1.82, 2.24) is 10.6 Å². The fourth-order valence-electron chi connectivity index (χ4n) is 3.24. The number of allylic oxidation sites excluding steroid dienone is 3. The summed E-state index contributed by atoms with van der Waals surface area (Å²) in [6.07, 6.45) is 9.90. The van der Waals surface area contributed by atoms with E-state index in [1.54, 1.807) is 6.08 Å². The van der Waals surface area contributed by atoms with Crippen molar-refractivity contribution in [3.8, 4) is 0 Å². The van der Waals surface area contributed by atoms with E-state index in [9.17, 15) is 9.59 Å². The minimum absolute atomic E-state index is 0.158. The molecule has 1 aromatic rings. The van der Waals surface area contributed by atoms with E-state index >= 15 is 0 Å². The number of nitrogens with one attached hydrogen (secondary N) is 1. The molecular weight excluding hydrogens is 316 g/mol. The number of alkyl carbamates (subject to hydrolysis) is 1. The summed E-state index contributed by atoms with van der Waals surface area (Å²) in [6.45, 7) is 0.161. The van der Waals surface area contributed by atoms with Gasteiger partial charge in [0.15, 0.2) is 0 Å². The molecule has 25 heavy (non-hydrogen) atoms. The molecule has 1 heterocycles. The first-order valence-electron chi connectivity index (χ1n) is 8.85. The van der Waals surface area contributed by atoms with Crippen LogP contribution in [0.2, 0.25) is 0 Å². The lowest BCUT2D eigenvalue weighted by Crippen LogP contribution is -2.33. The van der Waals surface area contributed by atoms with Gasteiger partial charge in [0.2, 0.25) is 0 Å². The van der Waals surface area contributed by atoms with E-state index < -0.39 is 12.0 Å². The molecule has 1 aliphatic carbocycles. The van der Waals surface area contributed by atoms with Crippen molar-refractivity contribution in [2.75, 3.05) is 0 Å². The van der Waals surface area contributed by atoms with Gasteiger partial charge in [0.05, 0.1) is 0 Å². The second kappa shape index (κ2) is 8.51. The lowest BCUT2D eigenvalue weighted by molar-refractivity contribution is -0.117. The second-order valence-electron chi connectivity index (χ2n) is 6.55. The highest BCUT2D eigenvalue weighted by Crippen LogP contribution is 2.29. The van der Waals surface area contributed by atoms with Crippen molar-refractivity contribution in [2.24, 2.45) is 5.92 Å². The van der Waals surface area contributed by atoms with Crippen LogP contribution in [-0.2, 0) is 16.1 Å². The van der Waals surface area contributed by atoms with Crippen molar-refractivity contribution in [3.05, 3.63) is 59.4 Å². The number of rotatable bonds is 5. The normalized spacial score (nSPS) is 18.0. The van der Waals surface area contributed by atoms with E-state index in [2.05, 4.69) is 10.6 Å². The van der Waals surface area contributed by atoms with Gasteiger partial charge in [0, 0.05) is 5.70 Å². The summed E-state index contributed by atoms with van der Waals surface area (Å²) in [4.78, 5) is 23.9. The molecule has 2 aliphatic rings. The Bertz CT molecular complexity index is 673. The fourth-order valence-corrected chi connectivity index (χ4v) is 3.24. The number of hydrogen-bond donors (Lipinski definition) is 1. The predicted octanol–water partition coefficient (Wildman–Crippen LogP) is 3.80. The molecule has 1 N–H and O–H groups in total. The molecule has 1 saturated carbocycles. The molecule has 0 saturated heterocycles. The minimum Gasteiger partial charge on any atom is -0.444 e. The average molecular weight is 339 g/mol. The second-order valence-corrected chi connectivity index (χ2v) is 6.55. The van der Waals surface area contributed by atoms with E-state index in [1.165, 1.54) is 32.1 Å². The molecule has 2 amide bonds. The Labute approximate surface area is 148 Å². The van der Waals surface area contributed by atoms with Crippen molar-refractivity contribution in [3.63, 3.8) is 0 Å². The van der Waals surface area contributed by atoms with Gasteiger partial charge in [0.1, 0.15) is 12.3 Å². The highest BCUT2D eigenvalue weighted by Gasteiger charge is 2.22. The molecule has 5 nitrogen and oxygen atoms in total. The van der Waals surface area contributed by atoms with Gasteiger partial charge in [-0.1, -0.05) is 62.4 Å². The highest BCUT2D eigenvalue weighted by atomic mass is 16.5. The van der Waals surface area contributed by atoms with E-state index in [0.717, 1.165) is 17.7 Å². The molecule has 1 radical (unpaired) electrons. The first-order chi connectivity index (χ1) is 12.2. The summed E-state index contributed by atoms with van der Waals surface area (Å²) >= 11 is 0. The first-order valence-corrected chi connectivity index (χ1v) is 8.85. The van der Waals surface area contributed by atoms with Crippen LogP contribution >= 0.6 is 0 Å². The molecule has 3 rings (SSSR count). The van der Waals surface area contributed by atoms with Gasteiger partial charge in [-0.25, -0.2) is 10.1 Å². The molecular formula is C20H23N2O3. The summed E-state index contributed by atoms with van der Waals surface area (Å²) in [5.41, 5.74) is 1.85. The summed E-state index contributed by atoms with van der Waals surface area (Å²) in [7, 11) is 0. The Hall–Kier alpha value is -2.56. The Morgan fingerprint density at radius 1 is 1.12 bits per heavy atom. The van der Waals surface area contributed by atoms with Crippen LogP contribution in [0, 0.1) is 5.92 Å². The van der Waals surface area contributed by atoms with Crippen molar-refractivity contribution < 1.29 is 14.3 Å². The van der Waals surface area contributed by atoms with Crippen LogP contribution in [0.3, 0.4) is 0 Å². The van der Waals surface area contributed by atoms with Gasteiger partial charge in [0.25, 0.3) is 5.91 Å². The van der Waals surface area contributed by atoms with E-state index in [1.807, 2.05) is 36.4 Å². The molecule has 0 unspecified atom stereocenters. The Morgan fingerprint density at radius 2 is 1.88 bits per heavy atom. The number of hydrogen-bond acceptors (Lipinski definition) is 3. The van der Waals surface area contributed by atoms with Gasteiger partial charge in [-0.2, -0.15) is 0 Å². The standard InChI is InChI=1S/C20H23N2O3/c23-19-18(22-20(24)25-14-16-9-5-2-6-10-16)12-11-17(21-19)13-15-7-3-1-4-8-15/h2,5-6,9-12,15H,1,3-4,7-8,13-14H2,(H,22,24). The average Bonchev–Trinajstić information content (AvgIpc) is 2.64. The molecule has 0 spiro atoms. The van der Waals surface area contributed by atoms with Crippen molar-refractivity contribution in [1.29, 1.82) is 0 Å². The SMILES string of the molecule is O=C(NC1=CC=C(CC2CCCCC2)[N]C1=O)OCc1ccccc1. The third-order valence-corrected chi connectivity index (χ3v) is 4.59. The lowest BCUT2D eigenvalue weighted by Gasteiger charge is -2.23. The predicted molar refractivity (Wildman–Crippen MR) is 94.3 cm³/mol. The largest absolute Gasteiger partial charge is 0.444 e. The smallest absolute Gasteiger partial charge is 0.412 e. The quantitative estimate of drug-likeness (QED) is 0.887. The Morgan fingerprint density at radius 3 is 2.60 bits per heavy atom. The molecule has 0 atom stereocenters. The minimum atomic E-state index is -0.650. The molecule has 1 fully saturated rings. The molecule has 1 aromatic carbocycles. The maximum atomic E-state index is 12.1. The van der Waals surface area contributed by atoms with Gasteiger partial charge < -0.3 is 4.74 Å². The van der Waals surface area contributed by atoms with Crippen LogP contribution < -0.4 is 10.6 Å². The summed E-state index contributed by atoms with van der Waals surface area (Å²) in [5, 5.41) is 6.59. The van der Waals surface area contributed by atoms with Crippen molar-refractivity contribution >= 4 is 12.0 Å². The monoisotopic (exact) mass is 339 g/mol. The number of amides is 2. The van der Waals surface area contributed by atoms with Crippen LogP contribution in [0.15, 0.2) is 53.9 Å². The summed E-state index contributed by atoms with van der Waals surface area (Å²) in [5.74, 6) is 0.209. The van der Waals surface area contributed by atoms with Crippen LogP contribution in [0.4, 0.5) is 4.79 Å². The Balaban J connectivity index is 1.49. The number of nitrogens with zero attached hydrogens (tertiary/aromatic N) is 1. The van der Waals surface area contributed by atoms with E-state index in [-0.39, 0.29) is 12.3 Å². The van der Waals surface area contributed by atoms with Gasteiger partial charge >= 0.3 is 6.09 Å². The number of ether oxygens (including phenoxy) is 1. The Kier molecular flexibility index (Phi) is 5.88. The lowest BCUT2D eigenvalue weighted by atomic mass is 9.86. The molecule has 5 heteroatoms. The molecule has 0 aromatic heterocycles. The van der Waals surface area contributed by atoms with E-state index in [0.29, 0.717) is 5.92 Å². The summed E-state index contributed by atoms with van der Waals surface area (Å²) in [6, 6.07) is 9.39. The number of carbonyl (C=O) groups is 2. The topological polar surface area (TPSA) is 69.5 Å². The zero-order valence-corrected chi connectivity index (χ0v) is 14.2. The van der Waals surface area contributed by atoms with Crippen LogP contribution in [0.25, 0.3) is 0 Å². The zero-order valence-electron chi connectivity index (χ0n) is 14.2. The third kappa shape index (κ3) is 5.21. The van der Waals surface area contributed by atoms with Gasteiger partial charge in [-0.3, -0.25) is 10.1 Å². The van der Waals surface area contributed by atoms with Crippen LogP contribution in [-0.4, -0.2) is 12.0 Å². The number of benzene rings is 1. The number of carbonyl (C=O) groups excluding carboxylic acids is 2. The molecule has 0 bridgehead atoms. The van der Waals surface area contributed by atoms with Crippen LogP contribution in [0.5, 0.6) is 0 Å². The first kappa shape index (κ1) is 17.3. The maximum absolute atomic E-state index is 12.1.